The Morgan fingerprint density at radius 3 is 2.65 bits per heavy atom. The van der Waals surface area contributed by atoms with Crippen LogP contribution in [0.3, 0.4) is 0 Å². The van der Waals surface area contributed by atoms with Gasteiger partial charge in [0.25, 0.3) is 5.91 Å². The summed E-state index contributed by atoms with van der Waals surface area (Å²) in [5.41, 5.74) is 1.54. The second kappa shape index (κ2) is 7.07. The fourth-order valence-electron chi connectivity index (χ4n) is 4.31. The zero-order valence-corrected chi connectivity index (χ0v) is 15.2. The quantitative estimate of drug-likeness (QED) is 0.823. The Morgan fingerprint density at radius 2 is 1.96 bits per heavy atom. The maximum atomic E-state index is 13.1. The number of hydrogen-bond donors (Lipinski definition) is 0. The molecule has 3 heterocycles. The molecule has 138 valence electrons. The number of nitrogens with zero attached hydrogens (tertiary/aromatic N) is 4. The molecule has 2 atom stereocenters. The normalized spacial score (nSPS) is 24.7. The number of amides is 1. The smallest absolute Gasteiger partial charge is 0.254 e. The fourth-order valence-corrected chi connectivity index (χ4v) is 4.31. The highest BCUT2D eigenvalue weighted by Gasteiger charge is 2.44. The largest absolute Gasteiger partial charge is 0.497 e. The summed E-state index contributed by atoms with van der Waals surface area (Å²) in [7, 11) is 3.27. The van der Waals surface area contributed by atoms with Gasteiger partial charge >= 0.3 is 0 Å². The third-order valence-corrected chi connectivity index (χ3v) is 5.48. The fraction of sp³-hybridized carbons (Fsp3) is 0.526. The maximum absolute atomic E-state index is 13.1. The molecule has 1 aromatic carbocycles. The number of carbonyl (C=O) groups excluding carboxylic acids is 1. The average Bonchev–Trinajstić information content (AvgIpc) is 3.23. The topological polar surface area (TPSA) is 69.5 Å². The molecule has 2 aliphatic rings. The van der Waals surface area contributed by atoms with Crippen LogP contribution in [0.2, 0.25) is 0 Å². The van der Waals surface area contributed by atoms with Crippen molar-refractivity contribution in [1.29, 1.82) is 0 Å². The number of fused-ring (bicyclic) bond motifs is 2. The molecular weight excluding hydrogens is 332 g/mol. The van der Waals surface area contributed by atoms with Crippen LogP contribution in [-0.2, 0) is 11.3 Å². The zero-order valence-electron chi connectivity index (χ0n) is 15.2. The molecule has 26 heavy (non-hydrogen) atoms. The van der Waals surface area contributed by atoms with Crippen molar-refractivity contribution >= 4 is 5.91 Å². The summed E-state index contributed by atoms with van der Waals surface area (Å²) in [6.07, 6.45) is 5.91. The number of piperidine rings is 1. The summed E-state index contributed by atoms with van der Waals surface area (Å²) in [6, 6.07) is 8.22. The minimum absolute atomic E-state index is 0.105. The van der Waals surface area contributed by atoms with Crippen LogP contribution in [0.4, 0.5) is 0 Å². The first-order chi connectivity index (χ1) is 12.7. The van der Waals surface area contributed by atoms with Crippen LogP contribution in [0.15, 0.2) is 30.5 Å². The Morgan fingerprint density at radius 1 is 1.19 bits per heavy atom. The van der Waals surface area contributed by atoms with Gasteiger partial charge in [0.05, 0.1) is 26.0 Å². The summed E-state index contributed by atoms with van der Waals surface area (Å²) in [4.78, 5) is 15.2. The van der Waals surface area contributed by atoms with Crippen molar-refractivity contribution in [1.82, 2.24) is 19.9 Å². The summed E-state index contributed by atoms with van der Waals surface area (Å²) in [5, 5.41) is 8.44. The first kappa shape index (κ1) is 17.0. The van der Waals surface area contributed by atoms with Crippen molar-refractivity contribution in [3.05, 3.63) is 41.7 Å². The molecule has 2 unspecified atom stereocenters. The number of methoxy groups -OCH3 is 2. The molecule has 0 N–H and O–H groups in total. The molecule has 4 rings (SSSR count). The van der Waals surface area contributed by atoms with Crippen molar-refractivity contribution < 1.29 is 14.3 Å². The van der Waals surface area contributed by atoms with E-state index in [-0.39, 0.29) is 18.0 Å². The van der Waals surface area contributed by atoms with E-state index in [1.165, 1.54) is 0 Å². The zero-order chi connectivity index (χ0) is 18.1. The van der Waals surface area contributed by atoms with Gasteiger partial charge in [0.2, 0.25) is 0 Å². The van der Waals surface area contributed by atoms with Crippen LogP contribution in [-0.4, -0.2) is 52.1 Å². The highest BCUT2D eigenvalue weighted by Crippen LogP contribution is 2.41. The van der Waals surface area contributed by atoms with Crippen molar-refractivity contribution in [2.24, 2.45) is 0 Å². The minimum atomic E-state index is 0.105. The molecule has 0 radical (unpaired) electrons. The van der Waals surface area contributed by atoms with Gasteiger partial charge in [-0.2, -0.15) is 0 Å². The van der Waals surface area contributed by atoms with E-state index in [0.717, 1.165) is 31.4 Å². The van der Waals surface area contributed by atoms with Gasteiger partial charge in [-0.3, -0.25) is 4.79 Å². The molecule has 7 nitrogen and oxygen atoms in total. The van der Waals surface area contributed by atoms with E-state index < -0.39 is 0 Å². The van der Waals surface area contributed by atoms with E-state index in [2.05, 4.69) is 15.2 Å². The molecule has 0 spiro atoms. The molecule has 0 saturated carbocycles. The second-order valence-corrected chi connectivity index (χ2v) is 7.08. The first-order valence-electron chi connectivity index (χ1n) is 9.06. The Kier molecular flexibility index (Phi) is 4.63. The van der Waals surface area contributed by atoms with Crippen molar-refractivity contribution in [2.45, 2.75) is 50.4 Å². The van der Waals surface area contributed by atoms with Gasteiger partial charge in [-0.1, -0.05) is 11.3 Å². The number of ether oxygens (including phenoxy) is 2. The molecule has 2 aliphatic heterocycles. The monoisotopic (exact) mass is 356 g/mol. The Labute approximate surface area is 152 Å². The van der Waals surface area contributed by atoms with E-state index in [1.807, 2.05) is 35.1 Å². The molecule has 1 aromatic heterocycles. The number of carbonyl (C=O) groups is 1. The predicted molar refractivity (Wildman–Crippen MR) is 95.0 cm³/mol. The SMILES string of the molecule is COCc1cn(C2CC3CCC(C2)N3C(=O)c2cccc(OC)c2)nn1. The van der Waals surface area contributed by atoms with Crippen LogP contribution in [0, 0.1) is 0 Å². The lowest BCUT2D eigenvalue weighted by Gasteiger charge is -2.39. The van der Waals surface area contributed by atoms with Gasteiger partial charge in [0.15, 0.2) is 0 Å². The summed E-state index contributed by atoms with van der Waals surface area (Å²) >= 11 is 0. The minimum Gasteiger partial charge on any atom is -0.497 e. The Bertz CT molecular complexity index is 777. The molecule has 2 bridgehead atoms. The first-order valence-corrected chi connectivity index (χ1v) is 9.06. The maximum Gasteiger partial charge on any atom is 0.254 e. The van der Waals surface area contributed by atoms with Crippen LogP contribution in [0.25, 0.3) is 0 Å². The Balaban J connectivity index is 1.50. The van der Waals surface area contributed by atoms with Crippen LogP contribution < -0.4 is 4.74 Å². The third kappa shape index (κ3) is 3.07. The van der Waals surface area contributed by atoms with Crippen molar-refractivity contribution in [2.75, 3.05) is 14.2 Å². The highest BCUT2D eigenvalue weighted by molar-refractivity contribution is 5.95. The van der Waals surface area contributed by atoms with Gasteiger partial charge in [-0.05, 0) is 43.9 Å². The van der Waals surface area contributed by atoms with Gasteiger partial charge in [-0.25, -0.2) is 4.68 Å². The number of benzene rings is 1. The number of rotatable bonds is 5. The van der Waals surface area contributed by atoms with Crippen molar-refractivity contribution in [3.8, 4) is 5.75 Å². The molecular formula is C19H24N4O3. The van der Waals surface area contributed by atoms with E-state index >= 15 is 0 Å². The van der Waals surface area contributed by atoms with E-state index in [4.69, 9.17) is 9.47 Å². The standard InChI is InChI=1S/C19H24N4O3/c1-25-12-14-11-22(21-20-14)17-9-15-6-7-16(10-17)23(15)19(24)13-4-3-5-18(8-13)26-2/h3-5,8,11,15-17H,6-7,9-10,12H2,1-2H3. The van der Waals surface area contributed by atoms with E-state index in [0.29, 0.717) is 24.0 Å². The lowest BCUT2D eigenvalue weighted by Crippen LogP contribution is -2.47. The van der Waals surface area contributed by atoms with Crippen LogP contribution in [0.5, 0.6) is 5.75 Å². The van der Waals surface area contributed by atoms with Crippen LogP contribution >= 0.6 is 0 Å². The highest BCUT2D eigenvalue weighted by atomic mass is 16.5. The van der Waals surface area contributed by atoms with Crippen LogP contribution in [0.1, 0.15) is 47.8 Å². The number of aromatic nitrogens is 3. The number of hydrogen-bond acceptors (Lipinski definition) is 5. The average molecular weight is 356 g/mol. The molecule has 0 aliphatic carbocycles. The molecule has 7 heteroatoms. The van der Waals surface area contributed by atoms with E-state index in [1.54, 1.807) is 14.2 Å². The Hall–Kier alpha value is -2.41. The molecule has 2 aromatic rings. The molecule has 2 saturated heterocycles. The molecule has 2 fully saturated rings. The lowest BCUT2D eigenvalue weighted by molar-refractivity contribution is 0.0522. The van der Waals surface area contributed by atoms with Gasteiger partial charge in [0.1, 0.15) is 11.4 Å². The second-order valence-electron chi connectivity index (χ2n) is 7.08. The van der Waals surface area contributed by atoms with Crippen molar-refractivity contribution in [3.63, 3.8) is 0 Å². The van der Waals surface area contributed by atoms with Gasteiger partial charge in [-0.15, -0.1) is 5.10 Å². The third-order valence-electron chi connectivity index (χ3n) is 5.48. The molecule has 1 amide bonds. The van der Waals surface area contributed by atoms with E-state index in [9.17, 15) is 4.79 Å². The van der Waals surface area contributed by atoms with Gasteiger partial charge in [0, 0.05) is 24.8 Å². The summed E-state index contributed by atoms with van der Waals surface area (Å²) in [5.74, 6) is 0.819. The summed E-state index contributed by atoms with van der Waals surface area (Å²) < 4.78 is 12.3. The summed E-state index contributed by atoms with van der Waals surface area (Å²) in [6.45, 7) is 0.472. The predicted octanol–water partition coefficient (Wildman–Crippen LogP) is 2.44. The van der Waals surface area contributed by atoms with Gasteiger partial charge < -0.3 is 14.4 Å². The lowest BCUT2D eigenvalue weighted by atomic mass is 9.96.